The molecule has 0 aliphatic heterocycles. The molecular weight excluding hydrogens is 208 g/mol. The monoisotopic (exact) mass is 222 g/mol. The van der Waals surface area contributed by atoms with E-state index in [0.717, 1.165) is 0 Å². The summed E-state index contributed by atoms with van der Waals surface area (Å²) in [5.41, 5.74) is 0. The molecule has 0 bridgehead atoms. The largest absolute Gasteiger partial charge is 0.383 e. The molecule has 2 N–H and O–H groups in total. The molecule has 0 atom stereocenters. The van der Waals surface area contributed by atoms with Gasteiger partial charge >= 0.3 is 0 Å². The van der Waals surface area contributed by atoms with Crippen LogP contribution in [0.15, 0.2) is 0 Å². The number of hydrogen-bond acceptors (Lipinski definition) is 3. The third kappa shape index (κ3) is 7.82. The summed E-state index contributed by atoms with van der Waals surface area (Å²) in [5, 5.41) is 5.00. The molecule has 0 aromatic rings. The average Bonchev–Trinajstić information content (AvgIpc) is 2.16. The van der Waals surface area contributed by atoms with Crippen LogP contribution in [-0.4, -0.2) is 44.5 Å². The lowest BCUT2D eigenvalue weighted by Gasteiger charge is -2.05. The van der Waals surface area contributed by atoms with E-state index in [1.807, 2.05) is 0 Å². The Balaban J connectivity index is 3.39. The molecule has 2 amide bonds. The van der Waals surface area contributed by atoms with Crippen molar-refractivity contribution >= 4 is 23.4 Å². The molecule has 0 saturated carbocycles. The molecule has 0 spiro atoms. The minimum absolute atomic E-state index is 0.0144. The molecular formula is C8H15ClN2O3. The van der Waals surface area contributed by atoms with Crippen LogP contribution >= 0.6 is 11.6 Å². The predicted octanol–water partition coefficient (Wildman–Crippen LogP) is -0.506. The highest BCUT2D eigenvalue weighted by Crippen LogP contribution is 1.82. The van der Waals surface area contributed by atoms with E-state index in [4.69, 9.17) is 16.3 Å². The van der Waals surface area contributed by atoms with Crippen LogP contribution in [0.3, 0.4) is 0 Å². The third-order valence-corrected chi connectivity index (χ3v) is 1.59. The quantitative estimate of drug-likeness (QED) is 0.451. The molecule has 0 radical (unpaired) electrons. The second kappa shape index (κ2) is 8.77. The first-order chi connectivity index (χ1) is 6.70. The van der Waals surface area contributed by atoms with E-state index in [2.05, 4.69) is 10.6 Å². The van der Waals surface area contributed by atoms with Crippen LogP contribution in [0, 0.1) is 0 Å². The maximum Gasteiger partial charge on any atom is 0.239 e. The van der Waals surface area contributed by atoms with Crippen molar-refractivity contribution in [2.45, 2.75) is 6.42 Å². The summed E-state index contributed by atoms with van der Waals surface area (Å²) < 4.78 is 4.74. The number of halogens is 1. The van der Waals surface area contributed by atoms with Crippen LogP contribution in [0.2, 0.25) is 0 Å². The van der Waals surface area contributed by atoms with Gasteiger partial charge in [0.15, 0.2) is 0 Å². The summed E-state index contributed by atoms with van der Waals surface area (Å²) in [6.45, 7) is 0.890. The Bertz CT molecular complexity index is 187. The Kier molecular flexibility index (Phi) is 8.27. The van der Waals surface area contributed by atoms with Gasteiger partial charge in [0, 0.05) is 26.0 Å². The summed E-state index contributed by atoms with van der Waals surface area (Å²) in [6.07, 6.45) is 0.229. The molecule has 14 heavy (non-hydrogen) atoms. The molecule has 0 unspecified atom stereocenters. The van der Waals surface area contributed by atoms with Gasteiger partial charge in [-0.05, 0) is 0 Å². The van der Waals surface area contributed by atoms with Gasteiger partial charge in [0.2, 0.25) is 11.8 Å². The van der Waals surface area contributed by atoms with Gasteiger partial charge in [0.05, 0.1) is 13.2 Å². The van der Waals surface area contributed by atoms with E-state index in [-0.39, 0.29) is 30.7 Å². The molecule has 0 aliphatic carbocycles. The van der Waals surface area contributed by atoms with E-state index in [0.29, 0.717) is 13.2 Å². The first-order valence-corrected chi connectivity index (χ1v) is 4.82. The SMILES string of the molecule is COCCNC(=O)CNC(=O)CCCl. The normalized spacial score (nSPS) is 9.57. The molecule has 0 saturated heterocycles. The highest BCUT2D eigenvalue weighted by molar-refractivity contribution is 6.18. The molecule has 82 valence electrons. The molecule has 0 fully saturated rings. The van der Waals surface area contributed by atoms with Crippen molar-refractivity contribution < 1.29 is 14.3 Å². The van der Waals surface area contributed by atoms with Crippen molar-refractivity contribution in [1.29, 1.82) is 0 Å². The number of amides is 2. The first-order valence-electron chi connectivity index (χ1n) is 4.29. The van der Waals surface area contributed by atoms with Gasteiger partial charge in [-0.25, -0.2) is 0 Å². The second-order valence-corrected chi connectivity index (χ2v) is 2.94. The van der Waals surface area contributed by atoms with E-state index in [1.165, 1.54) is 0 Å². The van der Waals surface area contributed by atoms with Crippen LogP contribution in [0.4, 0.5) is 0 Å². The second-order valence-electron chi connectivity index (χ2n) is 2.56. The Hall–Kier alpha value is -0.810. The lowest BCUT2D eigenvalue weighted by atomic mass is 10.4. The standard InChI is InChI=1S/C8H15ClN2O3/c1-14-5-4-10-8(13)6-11-7(12)2-3-9/h2-6H2,1H3,(H,10,13)(H,11,12). The van der Waals surface area contributed by atoms with Crippen LogP contribution in [0.25, 0.3) is 0 Å². The van der Waals surface area contributed by atoms with Crippen molar-refractivity contribution in [3.63, 3.8) is 0 Å². The zero-order valence-corrected chi connectivity index (χ0v) is 8.89. The Labute approximate surface area is 88.1 Å². The molecule has 0 rings (SSSR count). The van der Waals surface area contributed by atoms with E-state index < -0.39 is 0 Å². The fraction of sp³-hybridized carbons (Fsp3) is 0.750. The number of rotatable bonds is 7. The van der Waals surface area contributed by atoms with Gasteiger partial charge in [-0.3, -0.25) is 9.59 Å². The maximum absolute atomic E-state index is 11.0. The molecule has 0 heterocycles. The van der Waals surface area contributed by atoms with Crippen molar-refractivity contribution in [1.82, 2.24) is 10.6 Å². The summed E-state index contributed by atoms with van der Waals surface area (Å²) in [6, 6.07) is 0. The number of alkyl halides is 1. The topological polar surface area (TPSA) is 67.4 Å². The Morgan fingerprint density at radius 2 is 2.00 bits per heavy atom. The molecule has 6 heteroatoms. The molecule has 0 aliphatic rings. The molecule has 0 aromatic carbocycles. The van der Waals surface area contributed by atoms with Crippen LogP contribution in [0.5, 0.6) is 0 Å². The predicted molar refractivity (Wildman–Crippen MR) is 53.2 cm³/mol. The van der Waals surface area contributed by atoms with Gasteiger partial charge in [-0.2, -0.15) is 0 Å². The number of nitrogens with one attached hydrogen (secondary N) is 2. The molecule has 5 nitrogen and oxygen atoms in total. The van der Waals surface area contributed by atoms with Crippen molar-refractivity contribution in [3.05, 3.63) is 0 Å². The third-order valence-electron chi connectivity index (χ3n) is 1.40. The lowest BCUT2D eigenvalue weighted by Crippen LogP contribution is -2.38. The van der Waals surface area contributed by atoms with Crippen molar-refractivity contribution in [3.8, 4) is 0 Å². The van der Waals surface area contributed by atoms with Crippen LogP contribution < -0.4 is 10.6 Å². The zero-order chi connectivity index (χ0) is 10.8. The summed E-state index contributed by atoms with van der Waals surface area (Å²) in [4.78, 5) is 21.9. The van der Waals surface area contributed by atoms with Crippen molar-refractivity contribution in [2.24, 2.45) is 0 Å². The number of carbonyl (C=O) groups is 2. The van der Waals surface area contributed by atoms with Crippen LogP contribution in [-0.2, 0) is 14.3 Å². The minimum Gasteiger partial charge on any atom is -0.383 e. The van der Waals surface area contributed by atoms with Gasteiger partial charge in [0.25, 0.3) is 0 Å². The van der Waals surface area contributed by atoms with Crippen LogP contribution in [0.1, 0.15) is 6.42 Å². The fourth-order valence-electron chi connectivity index (χ4n) is 0.708. The van der Waals surface area contributed by atoms with E-state index in [1.54, 1.807) is 7.11 Å². The zero-order valence-electron chi connectivity index (χ0n) is 8.14. The van der Waals surface area contributed by atoms with Gasteiger partial charge in [-0.15, -0.1) is 11.6 Å². The van der Waals surface area contributed by atoms with Crippen molar-refractivity contribution in [2.75, 3.05) is 32.7 Å². The number of ether oxygens (including phenoxy) is 1. The van der Waals surface area contributed by atoms with E-state index >= 15 is 0 Å². The summed E-state index contributed by atoms with van der Waals surface area (Å²) in [7, 11) is 1.55. The number of methoxy groups -OCH3 is 1. The first kappa shape index (κ1) is 13.2. The molecule has 0 aromatic heterocycles. The summed E-state index contributed by atoms with van der Waals surface area (Å²) in [5.74, 6) is -0.191. The fourth-order valence-corrected chi connectivity index (χ4v) is 0.880. The van der Waals surface area contributed by atoms with Gasteiger partial charge in [0.1, 0.15) is 0 Å². The maximum atomic E-state index is 11.0. The minimum atomic E-state index is -0.232. The smallest absolute Gasteiger partial charge is 0.239 e. The number of hydrogen-bond donors (Lipinski definition) is 2. The van der Waals surface area contributed by atoms with E-state index in [9.17, 15) is 9.59 Å². The highest BCUT2D eigenvalue weighted by atomic mass is 35.5. The number of carbonyl (C=O) groups excluding carboxylic acids is 2. The average molecular weight is 223 g/mol. The highest BCUT2D eigenvalue weighted by Gasteiger charge is 2.03. The van der Waals surface area contributed by atoms with Gasteiger partial charge in [-0.1, -0.05) is 0 Å². The Morgan fingerprint density at radius 1 is 1.29 bits per heavy atom. The van der Waals surface area contributed by atoms with Gasteiger partial charge < -0.3 is 15.4 Å². The lowest BCUT2D eigenvalue weighted by molar-refractivity contribution is -0.125. The summed E-state index contributed by atoms with van der Waals surface area (Å²) >= 11 is 5.34. The Morgan fingerprint density at radius 3 is 2.57 bits per heavy atom.